The van der Waals surface area contributed by atoms with Crippen molar-refractivity contribution in [1.82, 2.24) is 4.72 Å². The fourth-order valence-corrected chi connectivity index (χ4v) is 4.89. The van der Waals surface area contributed by atoms with Crippen molar-refractivity contribution in [1.29, 1.82) is 5.26 Å². The quantitative estimate of drug-likeness (QED) is 0.448. The molecule has 1 unspecified atom stereocenters. The van der Waals surface area contributed by atoms with Crippen LogP contribution in [0.4, 0.5) is 5.69 Å². The molecule has 9 heteroatoms. The molecule has 7 nitrogen and oxygen atoms in total. The van der Waals surface area contributed by atoms with Gasteiger partial charge >= 0.3 is 0 Å². The van der Waals surface area contributed by atoms with E-state index in [1.54, 1.807) is 12.1 Å². The Balaban J connectivity index is 1.86. The van der Waals surface area contributed by atoms with Crippen molar-refractivity contribution in [2.45, 2.75) is 6.10 Å². The number of rotatable bonds is 8. The molecule has 0 saturated carbocycles. The zero-order chi connectivity index (χ0) is 22.6. The smallest absolute Gasteiger partial charge is 0.250 e. The Morgan fingerprint density at radius 2 is 1.90 bits per heavy atom. The van der Waals surface area contributed by atoms with Gasteiger partial charge in [0, 0.05) is 36.1 Å². The number of hydrogen-bond acceptors (Lipinski definition) is 7. The van der Waals surface area contributed by atoms with Gasteiger partial charge in [-0.05, 0) is 52.7 Å². The Labute approximate surface area is 185 Å². The molecule has 0 amide bonds. The second-order valence-corrected chi connectivity index (χ2v) is 10.0. The lowest BCUT2D eigenvalue weighted by Gasteiger charge is -2.13. The number of thiophene rings is 1. The average Bonchev–Trinajstić information content (AvgIpc) is 3.23. The number of nitrogens with zero attached hydrogens (tertiary/aromatic N) is 2. The number of fused-ring (bicyclic) bond motifs is 1. The van der Waals surface area contributed by atoms with Gasteiger partial charge in [0.15, 0.2) is 4.91 Å². The molecule has 3 aromatic rings. The highest BCUT2D eigenvalue weighted by atomic mass is 32.2. The van der Waals surface area contributed by atoms with Crippen molar-refractivity contribution in [2.24, 2.45) is 0 Å². The van der Waals surface area contributed by atoms with E-state index in [4.69, 9.17) is 5.11 Å². The van der Waals surface area contributed by atoms with Crippen LogP contribution in [0, 0.1) is 11.3 Å². The number of aliphatic hydroxyl groups excluding tert-OH is 2. The first-order valence-corrected chi connectivity index (χ1v) is 11.7. The van der Waals surface area contributed by atoms with E-state index in [9.17, 15) is 18.8 Å². The topological polar surface area (TPSA) is 114 Å². The lowest BCUT2D eigenvalue weighted by molar-refractivity contribution is 0.0989. The predicted octanol–water partition coefficient (Wildman–Crippen LogP) is 2.77. The van der Waals surface area contributed by atoms with Crippen LogP contribution in [0.3, 0.4) is 0 Å². The molecule has 31 heavy (non-hydrogen) atoms. The van der Waals surface area contributed by atoms with Crippen molar-refractivity contribution >= 4 is 43.9 Å². The van der Waals surface area contributed by atoms with Gasteiger partial charge in [-0.2, -0.15) is 5.26 Å². The van der Waals surface area contributed by atoms with Crippen molar-refractivity contribution in [2.75, 3.05) is 32.1 Å². The maximum Gasteiger partial charge on any atom is 0.250 e. The summed E-state index contributed by atoms with van der Waals surface area (Å²) >= 11 is 1.37. The minimum atomic E-state index is -4.09. The number of benzene rings is 2. The van der Waals surface area contributed by atoms with E-state index in [1.165, 1.54) is 17.4 Å². The van der Waals surface area contributed by atoms with Crippen LogP contribution in [-0.4, -0.2) is 52.0 Å². The third-order valence-electron chi connectivity index (χ3n) is 4.64. The highest BCUT2D eigenvalue weighted by Crippen LogP contribution is 2.32. The number of hydrogen-bond donors (Lipinski definition) is 3. The average molecular weight is 458 g/mol. The Morgan fingerprint density at radius 1 is 1.19 bits per heavy atom. The minimum Gasteiger partial charge on any atom is -0.394 e. The number of sulfonamides is 1. The highest BCUT2D eigenvalue weighted by Gasteiger charge is 2.19. The predicted molar refractivity (Wildman–Crippen MR) is 125 cm³/mol. The van der Waals surface area contributed by atoms with Crippen LogP contribution < -0.4 is 9.62 Å². The van der Waals surface area contributed by atoms with Gasteiger partial charge in [0.2, 0.25) is 0 Å². The van der Waals surface area contributed by atoms with E-state index < -0.39 is 27.6 Å². The van der Waals surface area contributed by atoms with Gasteiger partial charge in [-0.25, -0.2) is 13.1 Å². The van der Waals surface area contributed by atoms with Gasteiger partial charge in [0.1, 0.15) is 6.07 Å². The molecule has 3 N–H and O–H groups in total. The molecule has 0 spiro atoms. The summed E-state index contributed by atoms with van der Waals surface area (Å²) in [5.41, 5.74) is 2.12. The van der Waals surface area contributed by atoms with Crippen molar-refractivity contribution in [3.05, 3.63) is 58.3 Å². The Kier molecular flexibility index (Phi) is 7.10. The molecule has 1 heterocycles. The zero-order valence-electron chi connectivity index (χ0n) is 17.1. The highest BCUT2D eigenvalue weighted by molar-refractivity contribution is 7.93. The van der Waals surface area contributed by atoms with Gasteiger partial charge in [0.05, 0.1) is 12.7 Å². The molecule has 0 aliphatic carbocycles. The van der Waals surface area contributed by atoms with Crippen LogP contribution in [0.15, 0.2) is 53.4 Å². The van der Waals surface area contributed by atoms with Gasteiger partial charge in [-0.3, -0.25) is 0 Å². The summed E-state index contributed by atoms with van der Waals surface area (Å²) in [5, 5.41) is 29.7. The maximum atomic E-state index is 12.3. The van der Waals surface area contributed by atoms with E-state index >= 15 is 0 Å². The zero-order valence-corrected chi connectivity index (χ0v) is 18.7. The molecule has 2 aromatic carbocycles. The first-order valence-electron chi connectivity index (χ1n) is 9.45. The SMILES string of the molecule is CN(C)c1ccc2cc(-c3ccc(/C=C(\C#N)S(=O)(=O)NCC(O)CO)s3)ccc2c1. The van der Waals surface area contributed by atoms with Crippen molar-refractivity contribution in [3.8, 4) is 16.5 Å². The maximum absolute atomic E-state index is 12.3. The van der Waals surface area contributed by atoms with Crippen molar-refractivity contribution < 1.29 is 18.6 Å². The second kappa shape index (κ2) is 9.60. The summed E-state index contributed by atoms with van der Waals surface area (Å²) in [6, 6.07) is 17.7. The molecular weight excluding hydrogens is 434 g/mol. The van der Waals surface area contributed by atoms with Crippen LogP contribution in [0.1, 0.15) is 4.88 Å². The van der Waals surface area contributed by atoms with E-state index in [0.29, 0.717) is 4.88 Å². The normalized spacial score (nSPS) is 13.2. The van der Waals surface area contributed by atoms with Crippen molar-refractivity contribution in [3.63, 3.8) is 0 Å². The van der Waals surface area contributed by atoms with Gasteiger partial charge in [0.25, 0.3) is 10.0 Å². The number of nitrogens with one attached hydrogen (secondary N) is 1. The standard InChI is InChI=1S/C22H23N3O4S2/c1-25(2)18-6-5-15-9-17(4-3-16(15)10-18)22-8-7-20(30-22)11-21(12-23)31(28,29)24-13-19(27)14-26/h3-11,19,24,26-27H,13-14H2,1-2H3/b21-11+. The third-order valence-corrected chi connectivity index (χ3v) is 7.06. The first kappa shape index (κ1) is 22.9. The van der Waals surface area contributed by atoms with Gasteiger partial charge in [-0.1, -0.05) is 18.2 Å². The second-order valence-electron chi connectivity index (χ2n) is 7.15. The largest absolute Gasteiger partial charge is 0.394 e. The van der Waals surface area contributed by atoms with Crippen LogP contribution in [-0.2, 0) is 10.0 Å². The number of nitriles is 1. The number of aliphatic hydroxyl groups is 2. The monoisotopic (exact) mass is 457 g/mol. The summed E-state index contributed by atoms with van der Waals surface area (Å²) in [6.45, 7) is -0.954. The summed E-state index contributed by atoms with van der Waals surface area (Å²) in [4.78, 5) is 3.15. The minimum absolute atomic E-state index is 0.375. The molecule has 0 fully saturated rings. The van der Waals surface area contributed by atoms with Crippen LogP contribution in [0.5, 0.6) is 0 Å². The van der Waals surface area contributed by atoms with Gasteiger partial charge < -0.3 is 15.1 Å². The number of anilines is 1. The van der Waals surface area contributed by atoms with E-state index in [2.05, 4.69) is 35.1 Å². The first-order chi connectivity index (χ1) is 14.7. The molecule has 0 bridgehead atoms. The Bertz CT molecular complexity index is 1260. The molecule has 0 aliphatic heterocycles. The van der Waals surface area contributed by atoms with E-state index in [1.807, 2.05) is 31.1 Å². The lowest BCUT2D eigenvalue weighted by Crippen LogP contribution is -2.34. The molecule has 162 valence electrons. The summed E-state index contributed by atoms with van der Waals surface area (Å²) in [7, 11) is -0.0971. The molecule has 0 aliphatic rings. The third kappa shape index (κ3) is 5.50. The van der Waals surface area contributed by atoms with Crippen LogP contribution in [0.25, 0.3) is 27.3 Å². The Hall–Kier alpha value is -2.74. The lowest BCUT2D eigenvalue weighted by atomic mass is 10.1. The fourth-order valence-electron chi connectivity index (χ4n) is 2.90. The number of allylic oxidation sites excluding steroid dienone is 1. The van der Waals surface area contributed by atoms with Gasteiger partial charge in [-0.15, -0.1) is 11.3 Å². The molecule has 0 saturated heterocycles. The molecule has 3 rings (SSSR count). The summed E-state index contributed by atoms with van der Waals surface area (Å²) in [5.74, 6) is 0. The molecular formula is C22H23N3O4S2. The fraction of sp³-hybridized carbons (Fsp3) is 0.227. The summed E-state index contributed by atoms with van der Waals surface area (Å²) in [6.07, 6.45) is 0.0662. The summed E-state index contributed by atoms with van der Waals surface area (Å²) < 4.78 is 26.7. The molecule has 1 atom stereocenters. The molecule has 1 aromatic heterocycles. The molecule has 0 radical (unpaired) electrons. The van der Waals surface area contributed by atoms with E-state index in [0.717, 1.165) is 26.9 Å². The van der Waals surface area contributed by atoms with Crippen LogP contribution in [0.2, 0.25) is 0 Å². The Morgan fingerprint density at radius 3 is 2.58 bits per heavy atom. The van der Waals surface area contributed by atoms with Crippen LogP contribution >= 0.6 is 11.3 Å². The van der Waals surface area contributed by atoms with E-state index in [-0.39, 0.29) is 6.54 Å².